The van der Waals surface area contributed by atoms with Crippen LogP contribution in [0.15, 0.2) is 42.2 Å². The summed E-state index contributed by atoms with van der Waals surface area (Å²) in [6.07, 6.45) is 4.91. The fraction of sp³-hybridized carbons (Fsp3) is 0.0625. The van der Waals surface area contributed by atoms with Crippen molar-refractivity contribution in [2.45, 2.75) is 6.92 Å². The van der Waals surface area contributed by atoms with Gasteiger partial charge in [-0.05, 0) is 25.1 Å². The van der Waals surface area contributed by atoms with Crippen LogP contribution in [0, 0.1) is 6.92 Å². The van der Waals surface area contributed by atoms with Crippen molar-refractivity contribution in [1.82, 2.24) is 24.6 Å². The Morgan fingerprint density at radius 3 is 2.92 bits per heavy atom. The average molecular weight is 371 g/mol. The van der Waals surface area contributed by atoms with E-state index < -0.39 is 0 Å². The van der Waals surface area contributed by atoms with E-state index in [0.717, 1.165) is 5.39 Å². The van der Waals surface area contributed by atoms with Crippen LogP contribution >= 0.6 is 22.9 Å². The molecule has 0 unspecified atom stereocenters. The van der Waals surface area contributed by atoms with Crippen LogP contribution in [0.3, 0.4) is 0 Å². The molecule has 124 valence electrons. The van der Waals surface area contributed by atoms with E-state index in [-0.39, 0.29) is 5.91 Å². The van der Waals surface area contributed by atoms with Crippen LogP contribution in [0.5, 0.6) is 0 Å². The molecular weight excluding hydrogens is 360 g/mol. The number of aryl methyl sites for hydroxylation is 1. The normalized spacial score (nSPS) is 11.0. The molecule has 25 heavy (non-hydrogen) atoms. The quantitative estimate of drug-likeness (QED) is 0.598. The van der Waals surface area contributed by atoms with E-state index in [1.165, 1.54) is 17.5 Å². The van der Waals surface area contributed by atoms with Gasteiger partial charge in [0.05, 0.1) is 11.3 Å². The summed E-state index contributed by atoms with van der Waals surface area (Å²) in [6.45, 7) is 1.75. The Balaban J connectivity index is 1.62. The van der Waals surface area contributed by atoms with Gasteiger partial charge in [-0.1, -0.05) is 11.6 Å². The zero-order valence-electron chi connectivity index (χ0n) is 13.0. The van der Waals surface area contributed by atoms with Crippen LogP contribution in [0.2, 0.25) is 5.15 Å². The molecular formula is C16H11ClN6OS. The van der Waals surface area contributed by atoms with Crippen LogP contribution < -0.4 is 5.43 Å². The average Bonchev–Trinajstić information content (AvgIpc) is 3.21. The van der Waals surface area contributed by atoms with Gasteiger partial charge in [-0.15, -0.1) is 11.3 Å². The molecule has 0 saturated heterocycles. The summed E-state index contributed by atoms with van der Waals surface area (Å²) in [5.41, 5.74) is 4.39. The van der Waals surface area contributed by atoms with Gasteiger partial charge in [-0.3, -0.25) is 10.2 Å². The van der Waals surface area contributed by atoms with Gasteiger partial charge in [0.15, 0.2) is 16.5 Å². The monoisotopic (exact) mass is 370 g/mol. The van der Waals surface area contributed by atoms with E-state index >= 15 is 0 Å². The molecule has 0 spiro atoms. The first-order valence-corrected chi connectivity index (χ1v) is 8.56. The molecule has 0 aliphatic carbocycles. The molecule has 4 rings (SSSR count). The molecule has 0 aromatic carbocycles. The third-order valence-corrected chi connectivity index (χ3v) is 4.72. The number of hydrogen-bond donors (Lipinski definition) is 1. The molecule has 0 saturated carbocycles. The van der Waals surface area contributed by atoms with Crippen molar-refractivity contribution < 1.29 is 4.79 Å². The molecule has 7 nitrogen and oxygen atoms in total. The Kier molecular flexibility index (Phi) is 3.90. The second kappa shape index (κ2) is 6.23. The fourth-order valence-corrected chi connectivity index (χ4v) is 3.26. The molecule has 0 atom stereocenters. The van der Waals surface area contributed by atoms with Crippen molar-refractivity contribution >= 4 is 39.9 Å². The van der Waals surface area contributed by atoms with E-state index in [1.54, 1.807) is 29.4 Å². The fourth-order valence-electron chi connectivity index (χ4n) is 2.38. The van der Waals surface area contributed by atoms with Gasteiger partial charge >= 0.3 is 0 Å². The first kappa shape index (κ1) is 15.7. The summed E-state index contributed by atoms with van der Waals surface area (Å²) in [7, 11) is 0. The number of fused-ring (bicyclic) bond motifs is 1. The number of amides is 1. The summed E-state index contributed by atoms with van der Waals surface area (Å²) in [6, 6.07) is 5.64. The van der Waals surface area contributed by atoms with Gasteiger partial charge in [-0.25, -0.2) is 24.6 Å². The summed E-state index contributed by atoms with van der Waals surface area (Å²) >= 11 is 7.18. The van der Waals surface area contributed by atoms with E-state index in [2.05, 4.69) is 25.4 Å². The van der Waals surface area contributed by atoms with Gasteiger partial charge < -0.3 is 0 Å². The lowest BCUT2D eigenvalue weighted by molar-refractivity contribution is 0.101. The predicted octanol–water partition coefficient (Wildman–Crippen LogP) is 3.30. The van der Waals surface area contributed by atoms with E-state index in [9.17, 15) is 4.79 Å². The smallest absolute Gasteiger partial charge is 0.267 e. The SMILES string of the molecule is Cc1nc(-c2nc(Cl)cs2)ncc1C(=O)Nn1ccc2cccnc21. The third-order valence-electron chi connectivity index (χ3n) is 3.56. The highest BCUT2D eigenvalue weighted by atomic mass is 35.5. The minimum atomic E-state index is -0.315. The van der Waals surface area contributed by atoms with Crippen molar-refractivity contribution in [3.8, 4) is 10.8 Å². The number of nitrogens with zero attached hydrogens (tertiary/aromatic N) is 5. The van der Waals surface area contributed by atoms with Gasteiger partial charge in [0.25, 0.3) is 5.91 Å². The molecule has 0 radical (unpaired) electrons. The number of pyridine rings is 1. The number of thiazole rings is 1. The molecule has 4 aromatic heterocycles. The minimum absolute atomic E-state index is 0.315. The van der Waals surface area contributed by atoms with Crippen LogP contribution in [-0.4, -0.2) is 30.5 Å². The van der Waals surface area contributed by atoms with Crippen molar-refractivity contribution in [3.05, 3.63) is 58.6 Å². The van der Waals surface area contributed by atoms with Gasteiger partial charge in [0.1, 0.15) is 5.15 Å². The topological polar surface area (TPSA) is 85.6 Å². The standard InChI is InChI=1S/C16H11ClN6OS/c1-9-11(7-19-13(20-9)16-21-12(17)8-25-16)15(24)22-23-6-4-10-3-2-5-18-14(10)23/h2-8H,1H3,(H,22,24). The Morgan fingerprint density at radius 1 is 1.28 bits per heavy atom. The molecule has 0 fully saturated rings. The van der Waals surface area contributed by atoms with Crippen molar-refractivity contribution in [2.24, 2.45) is 0 Å². The number of carbonyl (C=O) groups is 1. The van der Waals surface area contributed by atoms with Gasteiger partial charge in [0.2, 0.25) is 0 Å². The zero-order chi connectivity index (χ0) is 17.4. The first-order chi connectivity index (χ1) is 12.1. The maximum atomic E-state index is 12.6. The van der Waals surface area contributed by atoms with Crippen molar-refractivity contribution in [2.75, 3.05) is 5.43 Å². The number of carbonyl (C=O) groups excluding carboxylic acids is 1. The van der Waals surface area contributed by atoms with Crippen LogP contribution in [0.4, 0.5) is 0 Å². The number of rotatable bonds is 3. The van der Waals surface area contributed by atoms with Crippen LogP contribution in [0.25, 0.3) is 21.9 Å². The predicted molar refractivity (Wildman–Crippen MR) is 96.3 cm³/mol. The highest BCUT2D eigenvalue weighted by Crippen LogP contribution is 2.23. The molecule has 4 heterocycles. The van der Waals surface area contributed by atoms with E-state index in [4.69, 9.17) is 11.6 Å². The zero-order valence-corrected chi connectivity index (χ0v) is 14.5. The molecule has 0 aliphatic heterocycles. The highest BCUT2D eigenvalue weighted by Gasteiger charge is 2.15. The number of aromatic nitrogens is 5. The number of nitrogens with one attached hydrogen (secondary N) is 1. The summed E-state index contributed by atoms with van der Waals surface area (Å²) in [5.74, 6) is 0.128. The molecule has 1 amide bonds. The maximum absolute atomic E-state index is 12.6. The second-order valence-corrected chi connectivity index (χ2v) is 6.46. The summed E-state index contributed by atoms with van der Waals surface area (Å²) in [5, 5.41) is 3.66. The highest BCUT2D eigenvalue weighted by molar-refractivity contribution is 7.13. The van der Waals surface area contributed by atoms with Gasteiger partial charge in [0, 0.05) is 29.4 Å². The lowest BCUT2D eigenvalue weighted by Gasteiger charge is -2.09. The summed E-state index contributed by atoms with van der Waals surface area (Å²) in [4.78, 5) is 29.5. The van der Waals surface area contributed by atoms with Crippen molar-refractivity contribution in [3.63, 3.8) is 0 Å². The molecule has 0 bridgehead atoms. The Bertz CT molecular complexity index is 1090. The maximum Gasteiger partial charge on any atom is 0.273 e. The second-order valence-electron chi connectivity index (χ2n) is 5.21. The van der Waals surface area contributed by atoms with Gasteiger partial charge in [-0.2, -0.15) is 0 Å². The molecule has 1 N–H and O–H groups in total. The molecule has 9 heteroatoms. The largest absolute Gasteiger partial charge is 0.273 e. The number of hydrogen-bond acceptors (Lipinski definition) is 6. The summed E-state index contributed by atoms with van der Waals surface area (Å²) < 4.78 is 1.58. The Labute approximate surface area is 151 Å². The minimum Gasteiger partial charge on any atom is -0.267 e. The lowest BCUT2D eigenvalue weighted by atomic mass is 10.2. The Hall–Kier alpha value is -2.84. The van der Waals surface area contributed by atoms with E-state index in [0.29, 0.717) is 32.9 Å². The van der Waals surface area contributed by atoms with Crippen LogP contribution in [0.1, 0.15) is 16.1 Å². The van der Waals surface area contributed by atoms with Crippen molar-refractivity contribution in [1.29, 1.82) is 0 Å². The Morgan fingerprint density at radius 2 is 2.16 bits per heavy atom. The number of halogens is 1. The first-order valence-electron chi connectivity index (χ1n) is 7.30. The molecule has 4 aromatic rings. The lowest BCUT2D eigenvalue weighted by Crippen LogP contribution is -2.23. The van der Waals surface area contributed by atoms with E-state index in [1.807, 2.05) is 18.2 Å². The molecule has 0 aliphatic rings. The van der Waals surface area contributed by atoms with Crippen LogP contribution in [-0.2, 0) is 0 Å². The third kappa shape index (κ3) is 2.97.